The van der Waals surface area contributed by atoms with Gasteiger partial charge in [-0.05, 0) is 42.0 Å². The standard InChI is InChI=1S/C20H22O5/c1-14(21)25-19(12-15-4-8-17(23-2)9-5-15)13-20(22)16-6-10-18(24-3)11-7-16/h4-11,19H,12-13H2,1-3H3/t19-/m0/s1. The molecule has 0 radical (unpaired) electrons. The number of hydrogen-bond acceptors (Lipinski definition) is 5. The van der Waals surface area contributed by atoms with Crippen LogP contribution in [0.15, 0.2) is 48.5 Å². The van der Waals surface area contributed by atoms with Gasteiger partial charge in [-0.2, -0.15) is 0 Å². The first-order valence-electron chi connectivity index (χ1n) is 7.99. The van der Waals surface area contributed by atoms with E-state index in [2.05, 4.69) is 0 Å². The molecule has 0 aliphatic rings. The van der Waals surface area contributed by atoms with Gasteiger partial charge in [0, 0.05) is 25.3 Å². The average molecular weight is 342 g/mol. The van der Waals surface area contributed by atoms with Gasteiger partial charge >= 0.3 is 5.97 Å². The molecule has 0 aliphatic carbocycles. The first kappa shape index (κ1) is 18.5. The molecular weight excluding hydrogens is 320 g/mol. The van der Waals surface area contributed by atoms with E-state index in [0.29, 0.717) is 17.7 Å². The van der Waals surface area contributed by atoms with Crippen LogP contribution in [0.3, 0.4) is 0 Å². The molecule has 0 heterocycles. The lowest BCUT2D eigenvalue weighted by Gasteiger charge is -2.17. The number of ketones is 1. The van der Waals surface area contributed by atoms with Crippen LogP contribution in [0.5, 0.6) is 11.5 Å². The topological polar surface area (TPSA) is 61.8 Å². The molecule has 25 heavy (non-hydrogen) atoms. The van der Waals surface area contributed by atoms with Crippen molar-refractivity contribution < 1.29 is 23.8 Å². The van der Waals surface area contributed by atoms with E-state index >= 15 is 0 Å². The molecule has 0 amide bonds. The lowest BCUT2D eigenvalue weighted by atomic mass is 10.00. The third-order valence-corrected chi connectivity index (χ3v) is 3.78. The highest BCUT2D eigenvalue weighted by Crippen LogP contribution is 2.18. The SMILES string of the molecule is COc1ccc(C[C@@H](CC(=O)c2ccc(OC)cc2)OC(C)=O)cc1. The zero-order valence-electron chi connectivity index (χ0n) is 14.7. The van der Waals surface area contributed by atoms with Crippen molar-refractivity contribution in [3.05, 3.63) is 59.7 Å². The normalized spacial score (nSPS) is 11.5. The van der Waals surface area contributed by atoms with Crippen LogP contribution in [-0.2, 0) is 16.0 Å². The summed E-state index contributed by atoms with van der Waals surface area (Å²) in [7, 11) is 3.17. The van der Waals surface area contributed by atoms with Crippen LogP contribution in [0.1, 0.15) is 29.3 Å². The number of rotatable bonds is 8. The molecule has 0 saturated carbocycles. The van der Waals surface area contributed by atoms with Crippen LogP contribution in [0.2, 0.25) is 0 Å². The molecule has 0 aliphatic heterocycles. The lowest BCUT2D eigenvalue weighted by Crippen LogP contribution is -2.23. The molecule has 132 valence electrons. The van der Waals surface area contributed by atoms with E-state index in [-0.39, 0.29) is 12.2 Å². The van der Waals surface area contributed by atoms with E-state index in [9.17, 15) is 9.59 Å². The number of Topliss-reactive ketones (excluding diaryl/α,β-unsaturated/α-hetero) is 1. The Bertz CT molecular complexity index is 704. The molecule has 1 atom stereocenters. The largest absolute Gasteiger partial charge is 0.497 e. The first-order chi connectivity index (χ1) is 12.0. The summed E-state index contributed by atoms with van der Waals surface area (Å²) in [6.45, 7) is 1.35. The molecular formula is C20H22O5. The third kappa shape index (κ3) is 5.64. The van der Waals surface area contributed by atoms with E-state index in [1.165, 1.54) is 6.92 Å². The van der Waals surface area contributed by atoms with Crippen molar-refractivity contribution in [3.8, 4) is 11.5 Å². The average Bonchev–Trinajstić information content (AvgIpc) is 2.61. The second kappa shape index (κ2) is 8.87. The summed E-state index contributed by atoms with van der Waals surface area (Å²) in [5, 5.41) is 0. The van der Waals surface area contributed by atoms with Crippen molar-refractivity contribution in [3.63, 3.8) is 0 Å². The summed E-state index contributed by atoms with van der Waals surface area (Å²) in [4.78, 5) is 23.9. The minimum Gasteiger partial charge on any atom is -0.497 e. The number of methoxy groups -OCH3 is 2. The van der Waals surface area contributed by atoms with E-state index in [0.717, 1.165) is 11.3 Å². The molecule has 0 spiro atoms. The van der Waals surface area contributed by atoms with Gasteiger partial charge in [0.05, 0.1) is 14.2 Å². The fraction of sp³-hybridized carbons (Fsp3) is 0.300. The van der Waals surface area contributed by atoms with Gasteiger partial charge in [-0.25, -0.2) is 0 Å². The Morgan fingerprint density at radius 1 is 0.880 bits per heavy atom. The third-order valence-electron chi connectivity index (χ3n) is 3.78. The molecule has 0 N–H and O–H groups in total. The second-order valence-electron chi connectivity index (χ2n) is 5.64. The molecule has 0 fully saturated rings. The van der Waals surface area contributed by atoms with Crippen LogP contribution < -0.4 is 9.47 Å². The van der Waals surface area contributed by atoms with Gasteiger partial charge in [0.2, 0.25) is 0 Å². The summed E-state index contributed by atoms with van der Waals surface area (Å²) in [6.07, 6.45) is 0.0733. The van der Waals surface area contributed by atoms with E-state index in [4.69, 9.17) is 14.2 Å². The van der Waals surface area contributed by atoms with Crippen LogP contribution in [0, 0.1) is 0 Å². The van der Waals surface area contributed by atoms with Gasteiger partial charge < -0.3 is 14.2 Å². The maximum absolute atomic E-state index is 12.5. The van der Waals surface area contributed by atoms with Crippen LogP contribution in [-0.4, -0.2) is 32.1 Å². The Labute approximate surface area is 147 Å². The van der Waals surface area contributed by atoms with Gasteiger partial charge in [-0.1, -0.05) is 12.1 Å². The zero-order valence-corrected chi connectivity index (χ0v) is 14.7. The van der Waals surface area contributed by atoms with Gasteiger partial charge in [0.15, 0.2) is 5.78 Å². The van der Waals surface area contributed by atoms with Crippen molar-refractivity contribution in [2.45, 2.75) is 25.9 Å². The maximum Gasteiger partial charge on any atom is 0.302 e. The number of carbonyl (C=O) groups excluding carboxylic acids is 2. The smallest absolute Gasteiger partial charge is 0.302 e. The molecule has 5 nitrogen and oxygen atoms in total. The predicted molar refractivity (Wildman–Crippen MR) is 94.2 cm³/mol. The Hall–Kier alpha value is -2.82. The highest BCUT2D eigenvalue weighted by molar-refractivity contribution is 5.96. The van der Waals surface area contributed by atoms with Crippen LogP contribution in [0.4, 0.5) is 0 Å². The highest BCUT2D eigenvalue weighted by atomic mass is 16.5. The first-order valence-corrected chi connectivity index (χ1v) is 7.99. The zero-order chi connectivity index (χ0) is 18.2. The van der Waals surface area contributed by atoms with Crippen molar-refractivity contribution in [2.75, 3.05) is 14.2 Å². The van der Waals surface area contributed by atoms with E-state index in [1.807, 2.05) is 24.3 Å². The monoisotopic (exact) mass is 342 g/mol. The lowest BCUT2D eigenvalue weighted by molar-refractivity contribution is -0.146. The molecule has 2 aromatic rings. The summed E-state index contributed by atoms with van der Waals surface area (Å²) < 4.78 is 15.6. The van der Waals surface area contributed by atoms with Gasteiger partial charge in [-0.15, -0.1) is 0 Å². The Balaban J connectivity index is 2.07. The van der Waals surface area contributed by atoms with Crippen LogP contribution >= 0.6 is 0 Å². The molecule has 5 heteroatoms. The van der Waals surface area contributed by atoms with Gasteiger partial charge in [0.25, 0.3) is 0 Å². The van der Waals surface area contributed by atoms with E-state index < -0.39 is 12.1 Å². The quantitative estimate of drug-likeness (QED) is 0.543. The van der Waals surface area contributed by atoms with Crippen LogP contribution in [0.25, 0.3) is 0 Å². The summed E-state index contributed by atoms with van der Waals surface area (Å²) in [5.74, 6) is 0.955. The Morgan fingerprint density at radius 2 is 1.40 bits per heavy atom. The summed E-state index contributed by atoms with van der Waals surface area (Å²) >= 11 is 0. The van der Waals surface area contributed by atoms with Crippen molar-refractivity contribution in [1.82, 2.24) is 0 Å². The van der Waals surface area contributed by atoms with E-state index in [1.54, 1.807) is 38.5 Å². The minimum absolute atomic E-state index is 0.0811. The number of hydrogen-bond donors (Lipinski definition) is 0. The highest BCUT2D eigenvalue weighted by Gasteiger charge is 2.19. The van der Waals surface area contributed by atoms with Crippen molar-refractivity contribution in [2.24, 2.45) is 0 Å². The Kier molecular flexibility index (Phi) is 6.57. The Morgan fingerprint density at radius 3 is 1.88 bits per heavy atom. The number of benzene rings is 2. The predicted octanol–water partition coefficient (Wildman–Crippen LogP) is 3.45. The fourth-order valence-electron chi connectivity index (χ4n) is 2.52. The number of carbonyl (C=O) groups is 2. The molecule has 0 unspecified atom stereocenters. The summed E-state index contributed by atoms with van der Waals surface area (Å²) in [6, 6.07) is 14.4. The molecule has 0 bridgehead atoms. The number of esters is 1. The van der Waals surface area contributed by atoms with Gasteiger partial charge in [-0.3, -0.25) is 9.59 Å². The van der Waals surface area contributed by atoms with Gasteiger partial charge in [0.1, 0.15) is 17.6 Å². The maximum atomic E-state index is 12.5. The van der Waals surface area contributed by atoms with Crippen molar-refractivity contribution >= 4 is 11.8 Å². The molecule has 2 aromatic carbocycles. The number of ether oxygens (including phenoxy) is 3. The fourth-order valence-corrected chi connectivity index (χ4v) is 2.52. The molecule has 0 aromatic heterocycles. The summed E-state index contributed by atoms with van der Waals surface area (Å²) in [5.41, 5.74) is 1.53. The van der Waals surface area contributed by atoms with Crippen molar-refractivity contribution in [1.29, 1.82) is 0 Å². The molecule has 0 saturated heterocycles. The second-order valence-corrected chi connectivity index (χ2v) is 5.64. The molecule has 2 rings (SSSR count). The minimum atomic E-state index is -0.513.